The Bertz CT molecular complexity index is 286. The minimum atomic E-state index is 0.446. The summed E-state index contributed by atoms with van der Waals surface area (Å²) in [5.74, 6) is 0. The molecule has 16 heavy (non-hydrogen) atoms. The predicted molar refractivity (Wildman–Crippen MR) is 63.3 cm³/mol. The van der Waals surface area contributed by atoms with Gasteiger partial charge in [0.1, 0.15) is 0 Å². The second-order valence-electron chi connectivity index (χ2n) is 4.45. The molecule has 1 aliphatic heterocycles. The zero-order valence-corrected chi connectivity index (χ0v) is 10.0. The minimum absolute atomic E-state index is 0.446. The van der Waals surface area contributed by atoms with Crippen LogP contribution in [0.5, 0.6) is 0 Å². The van der Waals surface area contributed by atoms with E-state index < -0.39 is 0 Å². The number of nitrogens with zero attached hydrogens (tertiary/aromatic N) is 3. The monoisotopic (exact) mass is 223 g/mol. The Morgan fingerprint density at radius 3 is 3.12 bits per heavy atom. The lowest BCUT2D eigenvalue weighted by atomic mass is 10.1. The maximum Gasteiger partial charge on any atom is 0.0945 e. The first-order valence-corrected chi connectivity index (χ1v) is 6.09. The molecule has 90 valence electrons. The van der Waals surface area contributed by atoms with Gasteiger partial charge < -0.3 is 14.2 Å². The van der Waals surface area contributed by atoms with Crippen molar-refractivity contribution in [3.8, 4) is 0 Å². The number of imidazole rings is 1. The number of aryl methyl sites for hydroxylation is 1. The standard InChI is InChI=1S/C12H21N3O/c1-16-12-4-2-6-14(10-12)7-3-8-15-9-5-13-11-15/h5,9,11-12H,2-4,6-8,10H2,1H3. The van der Waals surface area contributed by atoms with Crippen LogP contribution in [0.3, 0.4) is 0 Å². The van der Waals surface area contributed by atoms with Gasteiger partial charge in [-0.3, -0.25) is 0 Å². The van der Waals surface area contributed by atoms with Crippen LogP contribution in [-0.4, -0.2) is 47.3 Å². The Morgan fingerprint density at radius 2 is 2.38 bits per heavy atom. The maximum atomic E-state index is 5.42. The van der Waals surface area contributed by atoms with Gasteiger partial charge in [-0.05, 0) is 32.4 Å². The topological polar surface area (TPSA) is 30.3 Å². The molecule has 1 aromatic rings. The van der Waals surface area contributed by atoms with Gasteiger partial charge in [-0.25, -0.2) is 4.98 Å². The number of piperidine rings is 1. The van der Waals surface area contributed by atoms with E-state index in [9.17, 15) is 0 Å². The van der Waals surface area contributed by atoms with Gasteiger partial charge in [-0.1, -0.05) is 0 Å². The SMILES string of the molecule is COC1CCCN(CCCn2ccnc2)C1. The van der Waals surface area contributed by atoms with Crippen LogP contribution in [0.2, 0.25) is 0 Å². The Balaban J connectivity index is 1.65. The van der Waals surface area contributed by atoms with Gasteiger partial charge in [0, 0.05) is 32.6 Å². The van der Waals surface area contributed by atoms with Crippen molar-refractivity contribution >= 4 is 0 Å². The summed E-state index contributed by atoms with van der Waals surface area (Å²) in [6, 6.07) is 0. The molecule has 2 rings (SSSR count). The Hall–Kier alpha value is -0.870. The normalized spacial score (nSPS) is 22.4. The molecule has 1 aromatic heterocycles. The maximum absolute atomic E-state index is 5.42. The third-order valence-electron chi connectivity index (χ3n) is 3.25. The molecule has 1 atom stereocenters. The van der Waals surface area contributed by atoms with Crippen molar-refractivity contribution < 1.29 is 4.74 Å². The summed E-state index contributed by atoms with van der Waals surface area (Å²) in [5.41, 5.74) is 0. The quantitative estimate of drug-likeness (QED) is 0.755. The number of ether oxygens (including phenoxy) is 1. The van der Waals surface area contributed by atoms with Gasteiger partial charge in [0.05, 0.1) is 12.4 Å². The fourth-order valence-electron chi connectivity index (χ4n) is 2.30. The Kier molecular flexibility index (Phi) is 4.36. The van der Waals surface area contributed by atoms with E-state index in [0.717, 1.165) is 19.6 Å². The first kappa shape index (κ1) is 11.6. The molecule has 1 unspecified atom stereocenters. The molecule has 4 heteroatoms. The molecule has 0 saturated carbocycles. The van der Waals surface area contributed by atoms with Crippen LogP contribution in [0.4, 0.5) is 0 Å². The first-order chi connectivity index (χ1) is 7.88. The highest BCUT2D eigenvalue weighted by Gasteiger charge is 2.18. The van der Waals surface area contributed by atoms with Crippen LogP contribution < -0.4 is 0 Å². The molecule has 0 aliphatic carbocycles. The van der Waals surface area contributed by atoms with Crippen LogP contribution in [0, 0.1) is 0 Å². The first-order valence-electron chi connectivity index (χ1n) is 6.09. The van der Waals surface area contributed by atoms with Crippen LogP contribution in [-0.2, 0) is 11.3 Å². The smallest absolute Gasteiger partial charge is 0.0945 e. The molecule has 1 saturated heterocycles. The molecule has 4 nitrogen and oxygen atoms in total. The lowest BCUT2D eigenvalue weighted by molar-refractivity contribution is 0.0307. The number of hydrogen-bond donors (Lipinski definition) is 0. The van der Waals surface area contributed by atoms with Gasteiger partial charge in [0.25, 0.3) is 0 Å². The summed E-state index contributed by atoms with van der Waals surface area (Å²) in [4.78, 5) is 6.55. The van der Waals surface area contributed by atoms with Gasteiger partial charge in [0.2, 0.25) is 0 Å². The number of likely N-dealkylation sites (tertiary alicyclic amines) is 1. The lowest BCUT2D eigenvalue weighted by Gasteiger charge is -2.31. The van der Waals surface area contributed by atoms with E-state index in [1.165, 1.54) is 25.8 Å². The fraction of sp³-hybridized carbons (Fsp3) is 0.750. The minimum Gasteiger partial charge on any atom is -0.380 e. The average Bonchev–Trinajstić information content (AvgIpc) is 2.82. The summed E-state index contributed by atoms with van der Waals surface area (Å²) < 4.78 is 7.55. The molecule has 2 heterocycles. The highest BCUT2D eigenvalue weighted by atomic mass is 16.5. The van der Waals surface area contributed by atoms with Gasteiger partial charge in [-0.15, -0.1) is 0 Å². The second kappa shape index (κ2) is 6.01. The van der Waals surface area contributed by atoms with E-state index in [1.807, 2.05) is 25.8 Å². The van der Waals surface area contributed by atoms with Crippen molar-refractivity contribution in [2.24, 2.45) is 0 Å². The van der Waals surface area contributed by atoms with Crippen LogP contribution >= 0.6 is 0 Å². The lowest BCUT2D eigenvalue weighted by Crippen LogP contribution is -2.39. The summed E-state index contributed by atoms with van der Waals surface area (Å²) in [7, 11) is 1.82. The largest absolute Gasteiger partial charge is 0.380 e. The summed E-state index contributed by atoms with van der Waals surface area (Å²) in [6.45, 7) is 4.55. The summed E-state index contributed by atoms with van der Waals surface area (Å²) in [5, 5.41) is 0. The predicted octanol–water partition coefficient (Wildman–Crippen LogP) is 1.38. The molecular weight excluding hydrogens is 202 g/mol. The molecule has 0 N–H and O–H groups in total. The summed E-state index contributed by atoms with van der Waals surface area (Å²) >= 11 is 0. The molecule has 0 spiro atoms. The van der Waals surface area contributed by atoms with Crippen molar-refractivity contribution in [3.63, 3.8) is 0 Å². The van der Waals surface area contributed by atoms with Gasteiger partial charge >= 0.3 is 0 Å². The molecule has 0 bridgehead atoms. The molecular formula is C12H21N3O. The zero-order chi connectivity index (χ0) is 11.2. The Labute approximate surface area is 97.2 Å². The highest BCUT2D eigenvalue weighted by molar-refractivity contribution is 4.75. The van der Waals surface area contributed by atoms with E-state index in [-0.39, 0.29) is 0 Å². The van der Waals surface area contributed by atoms with Crippen molar-refractivity contribution in [2.45, 2.75) is 31.9 Å². The number of hydrogen-bond acceptors (Lipinski definition) is 3. The molecule has 0 radical (unpaired) electrons. The molecule has 0 amide bonds. The third kappa shape index (κ3) is 3.32. The van der Waals surface area contributed by atoms with E-state index in [0.29, 0.717) is 6.10 Å². The van der Waals surface area contributed by atoms with Gasteiger partial charge in [0.15, 0.2) is 0 Å². The van der Waals surface area contributed by atoms with Crippen molar-refractivity contribution in [1.29, 1.82) is 0 Å². The van der Waals surface area contributed by atoms with E-state index in [4.69, 9.17) is 4.74 Å². The molecule has 1 fully saturated rings. The van der Waals surface area contributed by atoms with Crippen LogP contribution in [0.1, 0.15) is 19.3 Å². The second-order valence-corrected chi connectivity index (χ2v) is 4.45. The van der Waals surface area contributed by atoms with Crippen molar-refractivity contribution in [2.75, 3.05) is 26.7 Å². The third-order valence-corrected chi connectivity index (χ3v) is 3.25. The molecule has 0 aromatic carbocycles. The van der Waals surface area contributed by atoms with Crippen LogP contribution in [0.25, 0.3) is 0 Å². The van der Waals surface area contributed by atoms with Gasteiger partial charge in [-0.2, -0.15) is 0 Å². The van der Waals surface area contributed by atoms with E-state index >= 15 is 0 Å². The number of aromatic nitrogens is 2. The highest BCUT2D eigenvalue weighted by Crippen LogP contribution is 2.12. The van der Waals surface area contributed by atoms with E-state index in [2.05, 4.69) is 14.5 Å². The fourth-order valence-corrected chi connectivity index (χ4v) is 2.30. The number of methoxy groups -OCH3 is 1. The average molecular weight is 223 g/mol. The van der Waals surface area contributed by atoms with Crippen LogP contribution in [0.15, 0.2) is 18.7 Å². The van der Waals surface area contributed by atoms with E-state index in [1.54, 1.807) is 0 Å². The zero-order valence-electron chi connectivity index (χ0n) is 10.0. The summed E-state index contributed by atoms with van der Waals surface area (Å²) in [6.07, 6.45) is 9.86. The molecule has 1 aliphatic rings. The Morgan fingerprint density at radius 1 is 1.44 bits per heavy atom. The van der Waals surface area contributed by atoms with Crippen molar-refractivity contribution in [3.05, 3.63) is 18.7 Å². The van der Waals surface area contributed by atoms with Crippen molar-refractivity contribution in [1.82, 2.24) is 14.5 Å². The number of rotatable bonds is 5.